The van der Waals surface area contributed by atoms with Crippen LogP contribution < -0.4 is 16.6 Å². The number of H-pyrrole nitrogens is 2. The van der Waals surface area contributed by atoms with Gasteiger partial charge in [0.2, 0.25) is 0 Å². The zero-order valence-electron chi connectivity index (χ0n) is 13.9. The minimum atomic E-state index is -0.632. The molecule has 8 nitrogen and oxygen atoms in total. The number of carbonyl (C=O) groups excluding carboxylic acids is 1. The van der Waals surface area contributed by atoms with Crippen molar-refractivity contribution in [1.82, 2.24) is 25.2 Å². The van der Waals surface area contributed by atoms with E-state index in [0.29, 0.717) is 24.0 Å². The number of hydrogen-bond acceptors (Lipinski definition) is 5. The largest absolute Gasteiger partial charge is 0.336 e. The Labute approximate surface area is 156 Å². The van der Waals surface area contributed by atoms with Crippen molar-refractivity contribution in [3.63, 3.8) is 0 Å². The molecule has 25 heavy (non-hydrogen) atoms. The summed E-state index contributed by atoms with van der Waals surface area (Å²) in [5.74, 6) is -0.184. The van der Waals surface area contributed by atoms with Crippen LogP contribution in [0.25, 0.3) is 11.0 Å². The molecular weight excluding hydrogens is 369 g/mol. The van der Waals surface area contributed by atoms with E-state index in [1.165, 1.54) is 0 Å². The highest BCUT2D eigenvalue weighted by atomic mass is 35.5. The number of rotatable bonds is 2. The molecule has 138 valence electrons. The topological polar surface area (TPSA) is 111 Å². The number of pyridine rings is 1. The molecule has 1 atom stereocenters. The third kappa shape index (κ3) is 4.20. The molecular formula is C15H21Cl2N5O3. The van der Waals surface area contributed by atoms with Crippen LogP contribution in [-0.4, -0.2) is 51.9 Å². The molecule has 3 heterocycles. The first-order valence-electron chi connectivity index (χ1n) is 7.60. The van der Waals surface area contributed by atoms with Gasteiger partial charge in [-0.1, -0.05) is 0 Å². The zero-order valence-corrected chi connectivity index (χ0v) is 15.6. The van der Waals surface area contributed by atoms with E-state index in [4.69, 9.17) is 0 Å². The number of aromatic nitrogens is 3. The molecule has 1 amide bonds. The molecule has 0 bridgehead atoms. The molecule has 1 fully saturated rings. The lowest BCUT2D eigenvalue weighted by Gasteiger charge is -2.32. The molecule has 0 aliphatic carbocycles. The zero-order chi connectivity index (χ0) is 16.6. The summed E-state index contributed by atoms with van der Waals surface area (Å²) in [4.78, 5) is 46.6. The van der Waals surface area contributed by atoms with Gasteiger partial charge in [-0.25, -0.2) is 9.78 Å². The van der Waals surface area contributed by atoms with Crippen LogP contribution in [0.1, 0.15) is 28.9 Å². The molecule has 0 radical (unpaired) electrons. The fourth-order valence-corrected chi connectivity index (χ4v) is 3.02. The SMILES string of the molecule is CNC1CCCN(C(=O)c2cc(C)c3c(=O)[nH]c(=O)[nH]c3n2)C1.Cl.Cl. The second-order valence-corrected chi connectivity index (χ2v) is 5.84. The number of likely N-dealkylation sites (N-methyl/N-ethyl adjacent to an activating group) is 1. The second-order valence-electron chi connectivity index (χ2n) is 5.84. The minimum absolute atomic E-state index is 0. The van der Waals surface area contributed by atoms with E-state index in [-0.39, 0.29) is 48.1 Å². The van der Waals surface area contributed by atoms with Gasteiger partial charge in [0.25, 0.3) is 11.5 Å². The van der Waals surface area contributed by atoms with Crippen LogP contribution in [0.15, 0.2) is 15.7 Å². The first-order valence-corrected chi connectivity index (χ1v) is 7.60. The fourth-order valence-electron chi connectivity index (χ4n) is 3.02. The van der Waals surface area contributed by atoms with Gasteiger partial charge in [-0.15, -0.1) is 24.8 Å². The Balaban J connectivity index is 0.00000156. The standard InChI is InChI=1S/C15H19N5O3.2ClH/c1-8-6-10(14(22)20-5-3-4-9(7-20)16-2)17-12-11(8)13(21)19-15(23)18-12;;/h6,9,16H,3-5,7H2,1-2H3,(H2,17,18,19,21,23);2*1H. The van der Waals surface area contributed by atoms with Crippen LogP contribution in [0, 0.1) is 6.92 Å². The number of halogens is 2. The number of aryl methyl sites for hydroxylation is 1. The molecule has 1 aliphatic heterocycles. The monoisotopic (exact) mass is 389 g/mol. The van der Waals surface area contributed by atoms with Gasteiger partial charge >= 0.3 is 5.69 Å². The molecule has 3 rings (SSSR count). The summed E-state index contributed by atoms with van der Waals surface area (Å²) in [6, 6.07) is 1.87. The summed E-state index contributed by atoms with van der Waals surface area (Å²) in [7, 11) is 1.88. The lowest BCUT2D eigenvalue weighted by molar-refractivity contribution is 0.0692. The minimum Gasteiger partial charge on any atom is -0.336 e. The maximum absolute atomic E-state index is 12.7. The Morgan fingerprint density at radius 1 is 1.32 bits per heavy atom. The summed E-state index contributed by atoms with van der Waals surface area (Å²) >= 11 is 0. The van der Waals surface area contributed by atoms with Crippen LogP contribution in [0.5, 0.6) is 0 Å². The Morgan fingerprint density at radius 2 is 2.04 bits per heavy atom. The van der Waals surface area contributed by atoms with Crippen LogP contribution in [-0.2, 0) is 0 Å². The number of nitrogens with one attached hydrogen (secondary N) is 3. The van der Waals surface area contributed by atoms with Gasteiger partial charge in [-0.3, -0.25) is 19.6 Å². The molecule has 2 aromatic rings. The highest BCUT2D eigenvalue weighted by Gasteiger charge is 2.25. The van der Waals surface area contributed by atoms with Crippen molar-refractivity contribution in [3.05, 3.63) is 38.2 Å². The first-order chi connectivity index (χ1) is 11.0. The second kappa shape index (κ2) is 8.46. The van der Waals surface area contributed by atoms with E-state index in [9.17, 15) is 14.4 Å². The third-order valence-corrected chi connectivity index (χ3v) is 4.24. The smallest absolute Gasteiger partial charge is 0.327 e. The van der Waals surface area contributed by atoms with Crippen molar-refractivity contribution >= 4 is 41.8 Å². The highest BCUT2D eigenvalue weighted by Crippen LogP contribution is 2.16. The predicted molar refractivity (Wildman–Crippen MR) is 100 cm³/mol. The fraction of sp³-hybridized carbons (Fsp3) is 0.467. The Bertz CT molecular complexity index is 880. The molecule has 0 aromatic carbocycles. The van der Waals surface area contributed by atoms with Gasteiger partial charge in [0, 0.05) is 19.1 Å². The maximum atomic E-state index is 12.7. The number of hydrogen-bond donors (Lipinski definition) is 3. The highest BCUT2D eigenvalue weighted by molar-refractivity contribution is 5.95. The number of likely N-dealkylation sites (tertiary alicyclic amines) is 1. The van der Waals surface area contributed by atoms with E-state index in [0.717, 1.165) is 12.8 Å². The van der Waals surface area contributed by atoms with Crippen molar-refractivity contribution in [1.29, 1.82) is 0 Å². The number of carbonyl (C=O) groups is 1. The number of amides is 1. The van der Waals surface area contributed by atoms with Crippen molar-refractivity contribution in [3.8, 4) is 0 Å². The summed E-state index contributed by atoms with van der Waals surface area (Å²) in [5, 5.41) is 3.49. The molecule has 2 aromatic heterocycles. The first kappa shape index (κ1) is 21.1. The predicted octanol–water partition coefficient (Wildman–Crippen LogP) is 0.587. The van der Waals surface area contributed by atoms with E-state index < -0.39 is 11.2 Å². The Kier molecular flexibility index (Phi) is 7.16. The van der Waals surface area contributed by atoms with Gasteiger partial charge in [0.15, 0.2) is 0 Å². The average Bonchev–Trinajstić information content (AvgIpc) is 2.53. The number of aromatic amines is 2. The summed E-state index contributed by atoms with van der Waals surface area (Å²) in [5.41, 5.74) is -0.136. The molecule has 1 saturated heterocycles. The lowest BCUT2D eigenvalue weighted by Crippen LogP contribution is -2.47. The van der Waals surface area contributed by atoms with E-state index >= 15 is 0 Å². The van der Waals surface area contributed by atoms with Crippen LogP contribution in [0.4, 0.5) is 0 Å². The molecule has 0 saturated carbocycles. The van der Waals surface area contributed by atoms with Crippen molar-refractivity contribution in [2.45, 2.75) is 25.8 Å². The Hall–Kier alpha value is -1.90. The van der Waals surface area contributed by atoms with Gasteiger partial charge in [0.1, 0.15) is 11.3 Å². The van der Waals surface area contributed by atoms with Gasteiger partial charge in [-0.05, 0) is 38.4 Å². The van der Waals surface area contributed by atoms with E-state index in [1.54, 1.807) is 17.9 Å². The average molecular weight is 390 g/mol. The Morgan fingerprint density at radius 3 is 2.72 bits per heavy atom. The third-order valence-electron chi connectivity index (χ3n) is 4.24. The summed E-state index contributed by atoms with van der Waals surface area (Å²) < 4.78 is 0. The van der Waals surface area contributed by atoms with Crippen molar-refractivity contribution < 1.29 is 4.79 Å². The quantitative estimate of drug-likeness (QED) is 0.695. The number of fused-ring (bicyclic) bond motifs is 1. The lowest BCUT2D eigenvalue weighted by atomic mass is 10.1. The molecule has 0 spiro atoms. The molecule has 3 N–H and O–H groups in total. The number of piperidine rings is 1. The number of nitrogens with zero attached hydrogens (tertiary/aromatic N) is 2. The molecule has 1 unspecified atom stereocenters. The maximum Gasteiger partial charge on any atom is 0.327 e. The summed E-state index contributed by atoms with van der Waals surface area (Å²) in [6.45, 7) is 3.03. The van der Waals surface area contributed by atoms with Crippen LogP contribution in [0.3, 0.4) is 0 Å². The van der Waals surface area contributed by atoms with Gasteiger partial charge < -0.3 is 10.2 Å². The van der Waals surface area contributed by atoms with Gasteiger partial charge in [0.05, 0.1) is 5.39 Å². The van der Waals surface area contributed by atoms with Crippen molar-refractivity contribution in [2.24, 2.45) is 0 Å². The molecule has 1 aliphatic rings. The van der Waals surface area contributed by atoms with E-state index in [1.807, 2.05) is 7.05 Å². The van der Waals surface area contributed by atoms with E-state index in [2.05, 4.69) is 20.3 Å². The van der Waals surface area contributed by atoms with Crippen LogP contribution >= 0.6 is 24.8 Å². The molecule has 10 heteroatoms. The van der Waals surface area contributed by atoms with Crippen LogP contribution in [0.2, 0.25) is 0 Å². The normalized spacial score (nSPS) is 16.9. The van der Waals surface area contributed by atoms with Crippen molar-refractivity contribution in [2.75, 3.05) is 20.1 Å². The summed E-state index contributed by atoms with van der Waals surface area (Å²) in [6.07, 6.45) is 1.97. The van der Waals surface area contributed by atoms with Gasteiger partial charge in [-0.2, -0.15) is 0 Å².